The maximum absolute atomic E-state index is 12.9. The standard InChI is InChI=1S/C45H84NO12P/c1-3-5-7-9-11-13-14-15-16-17-18-19-20-21-22-23-25-26-28-30-32-36(47)34-39(49)46-37(38(48)33-31-29-27-24-12-10-8-6-4-2)35-57-59(55,56)58-45-43(53)41(51)40(50)42(52)44(45)54/h12,20-21,24,31,33,36-38,40-45,47-48,50-54H,3-11,13-19,22-23,25-30,32,34-35H2,1-2H3,(H,46,49)(H,55,56)/b21-20-,24-12+,33-31+. The van der Waals surface area contributed by atoms with Crippen LogP contribution in [0.4, 0.5) is 0 Å². The smallest absolute Gasteiger partial charge is 0.393 e. The number of amides is 1. The van der Waals surface area contributed by atoms with Gasteiger partial charge < -0.3 is 46.0 Å². The van der Waals surface area contributed by atoms with Gasteiger partial charge in [-0.2, -0.15) is 0 Å². The highest BCUT2D eigenvalue weighted by Crippen LogP contribution is 2.47. The molecule has 1 aliphatic carbocycles. The van der Waals surface area contributed by atoms with E-state index in [0.29, 0.717) is 12.8 Å². The zero-order valence-corrected chi connectivity index (χ0v) is 37.3. The molecule has 13 nitrogen and oxygen atoms in total. The number of hydrogen-bond donors (Lipinski definition) is 9. The van der Waals surface area contributed by atoms with Gasteiger partial charge in [-0.05, 0) is 57.8 Å². The van der Waals surface area contributed by atoms with Gasteiger partial charge in [0.25, 0.3) is 0 Å². The molecule has 1 aliphatic rings. The van der Waals surface area contributed by atoms with E-state index in [9.17, 15) is 50.0 Å². The Labute approximate surface area is 356 Å². The Kier molecular flexibility index (Phi) is 33.0. The monoisotopic (exact) mass is 862 g/mol. The molecule has 1 amide bonds. The van der Waals surface area contributed by atoms with E-state index in [4.69, 9.17) is 9.05 Å². The summed E-state index contributed by atoms with van der Waals surface area (Å²) in [5.41, 5.74) is 0. The van der Waals surface area contributed by atoms with E-state index >= 15 is 0 Å². The Morgan fingerprint density at radius 1 is 0.593 bits per heavy atom. The Hall–Kier alpha value is -1.48. The number of hydrogen-bond acceptors (Lipinski definition) is 11. The van der Waals surface area contributed by atoms with E-state index in [1.54, 1.807) is 6.08 Å². The fourth-order valence-electron chi connectivity index (χ4n) is 7.13. The van der Waals surface area contributed by atoms with E-state index in [-0.39, 0.29) is 6.42 Å². The molecule has 1 rings (SSSR count). The Morgan fingerprint density at radius 2 is 1.00 bits per heavy atom. The van der Waals surface area contributed by atoms with Crippen LogP contribution in [-0.2, 0) is 18.4 Å². The van der Waals surface area contributed by atoms with Crippen molar-refractivity contribution in [2.75, 3.05) is 6.61 Å². The second kappa shape index (κ2) is 35.0. The zero-order chi connectivity index (χ0) is 43.7. The minimum absolute atomic E-state index is 0.258. The molecule has 346 valence electrons. The van der Waals surface area contributed by atoms with Crippen molar-refractivity contribution in [2.24, 2.45) is 0 Å². The number of aliphatic hydroxyl groups excluding tert-OH is 7. The van der Waals surface area contributed by atoms with Gasteiger partial charge in [-0.25, -0.2) is 4.57 Å². The number of carbonyl (C=O) groups is 1. The first-order valence-corrected chi connectivity index (χ1v) is 24.5. The molecule has 0 spiro atoms. The van der Waals surface area contributed by atoms with Gasteiger partial charge in [0.05, 0.1) is 31.3 Å². The van der Waals surface area contributed by atoms with E-state index in [1.165, 1.54) is 83.1 Å². The van der Waals surface area contributed by atoms with Crippen molar-refractivity contribution in [3.05, 3.63) is 36.5 Å². The number of phosphoric acid groups is 1. The Balaban J connectivity index is 2.46. The third-order valence-corrected chi connectivity index (χ3v) is 11.9. The molecule has 1 saturated carbocycles. The summed E-state index contributed by atoms with van der Waals surface area (Å²) >= 11 is 0. The molecule has 0 aromatic rings. The summed E-state index contributed by atoms with van der Waals surface area (Å²) in [6, 6.07) is -1.26. The number of unbranched alkanes of at least 4 members (excludes halogenated alkanes) is 20. The number of phosphoric ester groups is 1. The van der Waals surface area contributed by atoms with Crippen LogP contribution in [0.5, 0.6) is 0 Å². The summed E-state index contributed by atoms with van der Waals surface area (Å²) in [5.74, 6) is -0.611. The average molecular weight is 862 g/mol. The second-order valence-electron chi connectivity index (χ2n) is 16.4. The molecule has 0 heterocycles. The third kappa shape index (κ3) is 27.2. The number of allylic oxidation sites excluding steroid dienone is 5. The minimum atomic E-state index is -5.14. The van der Waals surface area contributed by atoms with Crippen LogP contribution in [0.15, 0.2) is 36.5 Å². The molecule has 1 fully saturated rings. The van der Waals surface area contributed by atoms with Crippen LogP contribution < -0.4 is 5.32 Å². The van der Waals surface area contributed by atoms with E-state index in [0.717, 1.165) is 70.6 Å². The predicted molar refractivity (Wildman–Crippen MR) is 233 cm³/mol. The summed E-state index contributed by atoms with van der Waals surface area (Å²) in [6.45, 7) is 3.65. The fourth-order valence-corrected chi connectivity index (χ4v) is 8.10. The van der Waals surface area contributed by atoms with Crippen LogP contribution in [0, 0.1) is 0 Å². The Bertz CT molecular complexity index is 1160. The second-order valence-corrected chi connectivity index (χ2v) is 17.8. The first-order chi connectivity index (χ1) is 28.3. The van der Waals surface area contributed by atoms with E-state index in [1.807, 2.05) is 0 Å². The lowest BCUT2D eigenvalue weighted by Crippen LogP contribution is -2.64. The fraction of sp³-hybridized carbons (Fsp3) is 0.844. The van der Waals surface area contributed by atoms with Crippen LogP contribution >= 0.6 is 7.82 Å². The van der Waals surface area contributed by atoms with Crippen LogP contribution in [0.1, 0.15) is 181 Å². The average Bonchev–Trinajstić information content (AvgIpc) is 3.21. The van der Waals surface area contributed by atoms with Crippen molar-refractivity contribution >= 4 is 13.7 Å². The number of nitrogens with one attached hydrogen (secondary N) is 1. The molecule has 0 aromatic carbocycles. The SMILES string of the molecule is CCCCC/C=C/CC/C=C/C(O)C(COP(=O)(O)OC1C(O)C(O)C(O)C(O)C1O)NC(=O)CC(O)CCCCCCC/C=C\CCCCCCCCCCCCC. The van der Waals surface area contributed by atoms with Gasteiger partial charge in [0, 0.05) is 0 Å². The number of carbonyl (C=O) groups excluding carboxylic acids is 1. The molecule has 8 atom stereocenters. The molecule has 0 aromatic heterocycles. The van der Waals surface area contributed by atoms with Gasteiger partial charge in [-0.15, -0.1) is 0 Å². The number of rotatable bonds is 37. The number of aliphatic hydroxyl groups is 7. The molecule has 0 bridgehead atoms. The predicted octanol–water partition coefficient (Wildman–Crippen LogP) is 7.36. The van der Waals surface area contributed by atoms with Crippen molar-refractivity contribution in [2.45, 2.75) is 236 Å². The lowest BCUT2D eigenvalue weighted by atomic mass is 9.85. The maximum atomic E-state index is 12.9. The first kappa shape index (κ1) is 55.5. The molecular weight excluding hydrogens is 777 g/mol. The van der Waals surface area contributed by atoms with Crippen molar-refractivity contribution in [1.82, 2.24) is 5.32 Å². The Morgan fingerprint density at radius 3 is 1.53 bits per heavy atom. The normalized spacial score (nSPS) is 23.9. The van der Waals surface area contributed by atoms with Gasteiger partial charge in [-0.1, -0.05) is 153 Å². The topological polar surface area (TPSA) is 226 Å². The molecule has 8 unspecified atom stereocenters. The van der Waals surface area contributed by atoms with Crippen LogP contribution in [-0.4, -0.2) is 108 Å². The zero-order valence-electron chi connectivity index (χ0n) is 36.4. The third-order valence-electron chi connectivity index (χ3n) is 10.9. The first-order valence-electron chi connectivity index (χ1n) is 23.0. The molecule has 14 heteroatoms. The minimum Gasteiger partial charge on any atom is -0.393 e. The summed E-state index contributed by atoms with van der Waals surface area (Å²) < 4.78 is 22.8. The summed E-state index contributed by atoms with van der Waals surface area (Å²) in [7, 11) is -5.14. The summed E-state index contributed by atoms with van der Waals surface area (Å²) in [5, 5.41) is 74.2. The van der Waals surface area contributed by atoms with Crippen LogP contribution in [0.2, 0.25) is 0 Å². The van der Waals surface area contributed by atoms with Crippen molar-refractivity contribution < 1.29 is 59.0 Å². The quantitative estimate of drug-likeness (QED) is 0.0170. The van der Waals surface area contributed by atoms with Crippen LogP contribution in [0.25, 0.3) is 0 Å². The van der Waals surface area contributed by atoms with Gasteiger partial charge in [0.1, 0.15) is 36.6 Å². The highest BCUT2D eigenvalue weighted by atomic mass is 31.2. The van der Waals surface area contributed by atoms with E-state index < -0.39 is 75.2 Å². The molecule has 59 heavy (non-hydrogen) atoms. The van der Waals surface area contributed by atoms with Gasteiger partial charge in [-0.3, -0.25) is 13.8 Å². The van der Waals surface area contributed by atoms with Crippen molar-refractivity contribution in [1.29, 1.82) is 0 Å². The molecule has 0 radical (unpaired) electrons. The van der Waals surface area contributed by atoms with Gasteiger partial charge in [0.15, 0.2) is 0 Å². The lowest BCUT2D eigenvalue weighted by Gasteiger charge is -2.41. The lowest BCUT2D eigenvalue weighted by molar-refractivity contribution is -0.220. The highest BCUT2D eigenvalue weighted by Gasteiger charge is 2.51. The van der Waals surface area contributed by atoms with Gasteiger partial charge >= 0.3 is 7.82 Å². The summed E-state index contributed by atoms with van der Waals surface area (Å²) in [6.07, 6.45) is 25.6. The summed E-state index contributed by atoms with van der Waals surface area (Å²) in [4.78, 5) is 23.3. The molecule has 9 N–H and O–H groups in total. The molecular formula is C45H84NO12P. The van der Waals surface area contributed by atoms with Crippen molar-refractivity contribution in [3.8, 4) is 0 Å². The van der Waals surface area contributed by atoms with Gasteiger partial charge in [0.2, 0.25) is 5.91 Å². The van der Waals surface area contributed by atoms with Crippen molar-refractivity contribution in [3.63, 3.8) is 0 Å². The van der Waals surface area contributed by atoms with Crippen LogP contribution in [0.3, 0.4) is 0 Å². The largest absolute Gasteiger partial charge is 0.472 e. The highest BCUT2D eigenvalue weighted by molar-refractivity contribution is 7.47. The maximum Gasteiger partial charge on any atom is 0.472 e. The molecule has 0 saturated heterocycles. The molecule has 0 aliphatic heterocycles. The van der Waals surface area contributed by atoms with E-state index in [2.05, 4.69) is 43.5 Å².